The van der Waals surface area contributed by atoms with Crippen molar-refractivity contribution in [1.29, 1.82) is 0 Å². The summed E-state index contributed by atoms with van der Waals surface area (Å²) in [7, 11) is -0.955. The molecule has 0 radical (unpaired) electrons. The van der Waals surface area contributed by atoms with E-state index in [4.69, 9.17) is 9.84 Å². The maximum atomic E-state index is 13.5. The summed E-state index contributed by atoms with van der Waals surface area (Å²) in [6.07, 6.45) is 4.79. The molecule has 2 aromatic heterocycles. The van der Waals surface area contributed by atoms with Gasteiger partial charge >= 0.3 is 5.97 Å². The normalized spacial score (nSPS) is 15.2. The summed E-state index contributed by atoms with van der Waals surface area (Å²) in [6, 6.07) is 9.79. The van der Waals surface area contributed by atoms with Crippen LogP contribution >= 0.6 is 11.3 Å². The molecule has 37 heavy (non-hydrogen) atoms. The molecule has 3 aromatic rings. The van der Waals surface area contributed by atoms with Crippen LogP contribution in [0.1, 0.15) is 50.0 Å². The Morgan fingerprint density at radius 2 is 1.86 bits per heavy atom. The van der Waals surface area contributed by atoms with Gasteiger partial charge in [-0.3, -0.25) is 9.59 Å². The zero-order chi connectivity index (χ0) is 26.6. The molecule has 1 aliphatic rings. The highest BCUT2D eigenvalue weighted by molar-refractivity contribution is 7.89. The van der Waals surface area contributed by atoms with E-state index < -0.39 is 21.9 Å². The first-order chi connectivity index (χ1) is 17.7. The number of hydrogen-bond donors (Lipinski definition) is 2. The summed E-state index contributed by atoms with van der Waals surface area (Å²) in [5.74, 6) is -0.855. The molecule has 1 saturated carbocycles. The van der Waals surface area contributed by atoms with E-state index >= 15 is 0 Å². The summed E-state index contributed by atoms with van der Waals surface area (Å²) in [6.45, 7) is -0.130. The fraction of sp³-hybridized carbons (Fsp3) is 0.440. The summed E-state index contributed by atoms with van der Waals surface area (Å²) in [5, 5.41) is 12.2. The van der Waals surface area contributed by atoms with E-state index in [0.717, 1.165) is 35.6 Å². The van der Waals surface area contributed by atoms with Crippen LogP contribution in [-0.2, 0) is 19.6 Å². The number of nitrogens with one attached hydrogen (secondary N) is 1. The third kappa shape index (κ3) is 6.43. The molecule has 4 rings (SSSR count). The number of aromatic nitrogens is 2. The third-order valence-corrected chi connectivity index (χ3v) is 9.41. The number of amides is 1. The lowest BCUT2D eigenvalue weighted by Gasteiger charge is -2.21. The first-order valence-electron chi connectivity index (χ1n) is 12.1. The number of nitrogens with zero attached hydrogens (tertiary/aromatic N) is 3. The zero-order valence-corrected chi connectivity index (χ0v) is 22.3. The number of carboxylic acid groups (broad SMARTS) is 1. The van der Waals surface area contributed by atoms with E-state index in [1.807, 2.05) is 0 Å². The molecule has 10 nitrogen and oxygen atoms in total. The van der Waals surface area contributed by atoms with Gasteiger partial charge in [0.15, 0.2) is 5.13 Å². The number of ether oxygens (including phenoxy) is 1. The van der Waals surface area contributed by atoms with Crippen molar-refractivity contribution in [1.82, 2.24) is 14.3 Å². The molecule has 0 saturated heterocycles. The van der Waals surface area contributed by atoms with Gasteiger partial charge in [-0.05, 0) is 36.1 Å². The highest BCUT2D eigenvalue weighted by atomic mass is 32.2. The summed E-state index contributed by atoms with van der Waals surface area (Å²) in [4.78, 5) is 33.8. The van der Waals surface area contributed by atoms with Crippen LogP contribution in [-0.4, -0.2) is 60.4 Å². The van der Waals surface area contributed by atoms with E-state index in [2.05, 4.69) is 15.3 Å². The molecule has 0 aliphatic heterocycles. The van der Waals surface area contributed by atoms with Gasteiger partial charge in [0.2, 0.25) is 21.8 Å². The monoisotopic (exact) mass is 546 g/mol. The average molecular weight is 547 g/mol. The number of carbonyl (C=O) groups excluding carboxylic acids is 1. The van der Waals surface area contributed by atoms with Crippen molar-refractivity contribution < 1.29 is 27.9 Å². The number of anilines is 1. The highest BCUT2D eigenvalue weighted by Gasteiger charge is 2.28. The molecule has 0 bridgehead atoms. The quantitative estimate of drug-likeness (QED) is 0.367. The zero-order valence-electron chi connectivity index (χ0n) is 20.7. The Balaban J connectivity index is 1.55. The summed E-state index contributed by atoms with van der Waals surface area (Å²) >= 11 is 1.27. The van der Waals surface area contributed by atoms with Crippen molar-refractivity contribution in [2.24, 2.45) is 5.92 Å². The molecule has 1 aliphatic carbocycles. The molecule has 0 spiro atoms. The van der Waals surface area contributed by atoms with E-state index in [1.165, 1.54) is 37.6 Å². The Kier molecular flexibility index (Phi) is 8.40. The lowest BCUT2D eigenvalue weighted by Crippen LogP contribution is -2.29. The lowest BCUT2D eigenvalue weighted by molar-refractivity contribution is -0.137. The predicted molar refractivity (Wildman–Crippen MR) is 140 cm³/mol. The number of carbonyl (C=O) groups is 2. The fourth-order valence-corrected chi connectivity index (χ4v) is 6.56. The van der Waals surface area contributed by atoms with Crippen LogP contribution in [0.5, 0.6) is 5.88 Å². The minimum atomic E-state index is -3.84. The van der Waals surface area contributed by atoms with Crippen LogP contribution in [0.2, 0.25) is 0 Å². The smallest absolute Gasteiger partial charge is 0.304 e. The second kappa shape index (κ2) is 11.5. The minimum absolute atomic E-state index is 0.0513. The number of carboxylic acids is 1. The van der Waals surface area contributed by atoms with E-state index in [0.29, 0.717) is 33.7 Å². The number of rotatable bonds is 11. The number of hydrogen-bond acceptors (Lipinski definition) is 8. The van der Waals surface area contributed by atoms with Crippen molar-refractivity contribution in [3.8, 4) is 5.88 Å². The Morgan fingerprint density at radius 3 is 2.51 bits per heavy atom. The van der Waals surface area contributed by atoms with Gasteiger partial charge in [-0.15, -0.1) is 0 Å². The minimum Gasteiger partial charge on any atom is -0.481 e. The number of benzene rings is 1. The number of sulfonamides is 1. The molecule has 198 valence electrons. The predicted octanol–water partition coefficient (Wildman–Crippen LogP) is 4.10. The fourth-order valence-electron chi connectivity index (χ4n) is 4.56. The number of thiazole rings is 1. The number of fused-ring (bicyclic) bond motifs is 1. The molecule has 1 atom stereocenters. The van der Waals surface area contributed by atoms with Gasteiger partial charge in [0, 0.05) is 19.7 Å². The van der Waals surface area contributed by atoms with Crippen LogP contribution in [0.4, 0.5) is 5.13 Å². The van der Waals surface area contributed by atoms with Gasteiger partial charge in [0.1, 0.15) is 10.3 Å². The number of methoxy groups -OCH3 is 1. The standard InChI is InChI=1S/C25H30N4O6S2/c1-29(14-13-22(30)31)37(33,34)18-9-7-17(8-10-18)19(15-16-5-3-4-6-16)23(32)28-25-26-20-11-12-21(35-2)27-24(20)36-25/h7-12,16,19H,3-6,13-15H2,1-2H3,(H,30,31)(H,26,28,32). The van der Waals surface area contributed by atoms with Crippen LogP contribution in [0.15, 0.2) is 41.3 Å². The van der Waals surface area contributed by atoms with Crippen molar-refractivity contribution >= 4 is 48.7 Å². The van der Waals surface area contributed by atoms with Crippen molar-refractivity contribution in [2.45, 2.75) is 49.3 Å². The summed E-state index contributed by atoms with van der Waals surface area (Å²) < 4.78 is 31.9. The van der Waals surface area contributed by atoms with E-state index in [1.54, 1.807) is 24.3 Å². The van der Waals surface area contributed by atoms with Crippen LogP contribution in [0.3, 0.4) is 0 Å². The Labute approximate surface area is 219 Å². The van der Waals surface area contributed by atoms with Crippen molar-refractivity contribution in [3.05, 3.63) is 42.0 Å². The third-order valence-electron chi connectivity index (χ3n) is 6.66. The largest absolute Gasteiger partial charge is 0.481 e. The van der Waals surface area contributed by atoms with Gasteiger partial charge in [-0.1, -0.05) is 49.2 Å². The molecule has 1 fully saturated rings. The molecule has 1 unspecified atom stereocenters. The molecular weight excluding hydrogens is 516 g/mol. The van der Waals surface area contributed by atoms with Crippen molar-refractivity contribution in [3.63, 3.8) is 0 Å². The Hall–Kier alpha value is -3.09. The lowest BCUT2D eigenvalue weighted by atomic mass is 9.87. The van der Waals surface area contributed by atoms with Crippen LogP contribution < -0.4 is 10.1 Å². The highest BCUT2D eigenvalue weighted by Crippen LogP contribution is 2.36. The maximum Gasteiger partial charge on any atom is 0.304 e. The number of aliphatic carboxylic acids is 1. The maximum absolute atomic E-state index is 13.5. The Morgan fingerprint density at radius 1 is 1.16 bits per heavy atom. The second-order valence-corrected chi connectivity index (χ2v) is 12.2. The average Bonchev–Trinajstić information content (AvgIpc) is 3.54. The van der Waals surface area contributed by atoms with E-state index in [9.17, 15) is 18.0 Å². The number of pyridine rings is 1. The molecular formula is C25H30N4O6S2. The first kappa shape index (κ1) is 27.0. The van der Waals surface area contributed by atoms with Gasteiger partial charge in [0.05, 0.1) is 24.3 Å². The second-order valence-electron chi connectivity index (χ2n) is 9.16. The van der Waals surface area contributed by atoms with Gasteiger partial charge in [-0.25, -0.2) is 22.7 Å². The van der Waals surface area contributed by atoms with Crippen LogP contribution in [0, 0.1) is 5.92 Å². The van der Waals surface area contributed by atoms with Crippen LogP contribution in [0.25, 0.3) is 10.3 Å². The first-order valence-corrected chi connectivity index (χ1v) is 14.3. The molecule has 2 heterocycles. The molecule has 2 N–H and O–H groups in total. The topological polar surface area (TPSA) is 139 Å². The summed E-state index contributed by atoms with van der Waals surface area (Å²) in [5.41, 5.74) is 1.38. The molecule has 1 aromatic carbocycles. The van der Waals surface area contributed by atoms with Crippen molar-refractivity contribution in [2.75, 3.05) is 26.0 Å². The van der Waals surface area contributed by atoms with Gasteiger partial charge < -0.3 is 15.2 Å². The SMILES string of the molecule is COc1ccc2nc(NC(=O)C(CC3CCCC3)c3ccc(S(=O)(=O)N(C)CCC(=O)O)cc3)sc2n1. The van der Waals surface area contributed by atoms with Gasteiger partial charge in [0.25, 0.3) is 0 Å². The molecule has 1 amide bonds. The van der Waals surface area contributed by atoms with E-state index in [-0.39, 0.29) is 23.8 Å². The molecule has 12 heteroatoms. The Bertz CT molecular complexity index is 1370. The van der Waals surface area contributed by atoms with Gasteiger partial charge in [-0.2, -0.15) is 0 Å².